The van der Waals surface area contributed by atoms with Crippen molar-refractivity contribution in [3.8, 4) is 0 Å². The van der Waals surface area contributed by atoms with Crippen LogP contribution in [0.5, 0.6) is 0 Å². The monoisotopic (exact) mass is 388 g/mol. The Morgan fingerprint density at radius 3 is 2.68 bits per heavy atom. The van der Waals surface area contributed by atoms with E-state index in [4.69, 9.17) is 0 Å². The Hall–Kier alpha value is -0.430. The molecule has 1 aromatic carbocycles. The number of sulfonamides is 1. The summed E-state index contributed by atoms with van der Waals surface area (Å²) in [5.41, 5.74) is 0. The maximum Gasteiger partial charge on any atom is 0.240 e. The molecule has 1 heterocycles. The fourth-order valence-corrected chi connectivity index (χ4v) is 4.34. The molecule has 2 rings (SSSR count). The molecule has 0 radical (unpaired) electrons. The van der Waals surface area contributed by atoms with Crippen molar-refractivity contribution in [2.45, 2.75) is 50.0 Å². The van der Waals surface area contributed by atoms with Gasteiger partial charge in [-0.25, -0.2) is 13.1 Å². The number of hydrogen-bond acceptors (Lipinski definition) is 3. The zero-order valence-corrected chi connectivity index (χ0v) is 15.5. The highest BCUT2D eigenvalue weighted by atomic mass is 79.9. The third kappa shape index (κ3) is 5.05. The van der Waals surface area contributed by atoms with E-state index in [1.807, 2.05) is 0 Å². The number of nitrogens with one attached hydrogen (secondary N) is 1. The average Bonchev–Trinajstić information content (AvgIpc) is 2.52. The minimum atomic E-state index is -3.39. The van der Waals surface area contributed by atoms with Gasteiger partial charge in [-0.3, -0.25) is 0 Å². The molecule has 1 saturated heterocycles. The molecule has 124 valence electrons. The van der Waals surface area contributed by atoms with Gasteiger partial charge in [0.15, 0.2) is 0 Å². The summed E-state index contributed by atoms with van der Waals surface area (Å²) < 4.78 is 27.9. The molecule has 0 aliphatic carbocycles. The summed E-state index contributed by atoms with van der Waals surface area (Å²) in [7, 11) is -3.39. The average molecular weight is 389 g/mol. The van der Waals surface area contributed by atoms with Gasteiger partial charge < -0.3 is 4.90 Å². The molecular formula is C16H25BrN2O2S. The molecule has 4 nitrogen and oxygen atoms in total. The predicted molar refractivity (Wildman–Crippen MR) is 93.5 cm³/mol. The summed E-state index contributed by atoms with van der Waals surface area (Å²) >= 11 is 3.31. The number of hydrogen-bond donors (Lipinski definition) is 1. The molecule has 1 aromatic rings. The van der Waals surface area contributed by atoms with Crippen LogP contribution in [0.3, 0.4) is 0 Å². The lowest BCUT2D eigenvalue weighted by atomic mass is 10.00. The fourth-order valence-electron chi connectivity index (χ4n) is 3.00. The second-order valence-corrected chi connectivity index (χ2v) is 8.48. The summed E-state index contributed by atoms with van der Waals surface area (Å²) in [6, 6.07) is 7.40. The SMILES string of the molecule is CC[C@@H]1CCCCN1CCCNS(=O)(=O)c1ccc(Br)cc1. The first-order valence-electron chi connectivity index (χ1n) is 8.02. The summed E-state index contributed by atoms with van der Waals surface area (Å²) in [6.07, 6.45) is 5.91. The third-order valence-electron chi connectivity index (χ3n) is 4.26. The van der Waals surface area contributed by atoms with E-state index in [1.54, 1.807) is 24.3 Å². The van der Waals surface area contributed by atoms with Crippen LogP contribution in [0, 0.1) is 0 Å². The van der Waals surface area contributed by atoms with Gasteiger partial charge in [0.25, 0.3) is 0 Å². The quantitative estimate of drug-likeness (QED) is 0.728. The Labute approximate surface area is 142 Å². The highest BCUT2D eigenvalue weighted by Crippen LogP contribution is 2.19. The Bertz CT molecular complexity index is 560. The smallest absolute Gasteiger partial charge is 0.240 e. The van der Waals surface area contributed by atoms with E-state index in [2.05, 4.69) is 32.5 Å². The van der Waals surface area contributed by atoms with Crippen molar-refractivity contribution in [3.05, 3.63) is 28.7 Å². The van der Waals surface area contributed by atoms with Gasteiger partial charge in [0.05, 0.1) is 4.90 Å². The van der Waals surface area contributed by atoms with Gasteiger partial charge in [0.2, 0.25) is 10.0 Å². The fraction of sp³-hybridized carbons (Fsp3) is 0.625. The molecule has 1 atom stereocenters. The maximum atomic E-state index is 12.2. The van der Waals surface area contributed by atoms with Crippen LogP contribution in [0.15, 0.2) is 33.6 Å². The van der Waals surface area contributed by atoms with Gasteiger partial charge in [-0.2, -0.15) is 0 Å². The number of benzene rings is 1. The predicted octanol–water partition coefficient (Wildman–Crippen LogP) is 3.38. The van der Waals surface area contributed by atoms with E-state index in [0.717, 1.165) is 24.0 Å². The van der Waals surface area contributed by atoms with Crippen LogP contribution in [0.4, 0.5) is 0 Å². The van der Waals surface area contributed by atoms with E-state index >= 15 is 0 Å². The Morgan fingerprint density at radius 1 is 1.27 bits per heavy atom. The topological polar surface area (TPSA) is 49.4 Å². The van der Waals surface area contributed by atoms with Gasteiger partial charge >= 0.3 is 0 Å². The van der Waals surface area contributed by atoms with Crippen molar-refractivity contribution in [1.29, 1.82) is 0 Å². The third-order valence-corrected chi connectivity index (χ3v) is 6.26. The molecule has 1 aliphatic rings. The van der Waals surface area contributed by atoms with Crippen LogP contribution in [-0.2, 0) is 10.0 Å². The molecule has 22 heavy (non-hydrogen) atoms. The molecule has 0 spiro atoms. The normalized spacial score (nSPS) is 20.2. The summed E-state index contributed by atoms with van der Waals surface area (Å²) in [5, 5.41) is 0. The van der Waals surface area contributed by atoms with E-state index in [9.17, 15) is 8.42 Å². The Balaban J connectivity index is 1.79. The first-order chi connectivity index (χ1) is 10.5. The first-order valence-corrected chi connectivity index (χ1v) is 10.3. The van der Waals surface area contributed by atoms with E-state index < -0.39 is 10.0 Å². The van der Waals surface area contributed by atoms with Gasteiger partial charge in [-0.05, 0) is 63.0 Å². The molecule has 1 fully saturated rings. The highest BCUT2D eigenvalue weighted by molar-refractivity contribution is 9.10. The second kappa shape index (κ2) is 8.43. The van der Waals surface area contributed by atoms with Crippen molar-refractivity contribution in [3.63, 3.8) is 0 Å². The van der Waals surface area contributed by atoms with Gasteiger partial charge in [0, 0.05) is 17.1 Å². The van der Waals surface area contributed by atoms with Crippen molar-refractivity contribution in [2.75, 3.05) is 19.6 Å². The van der Waals surface area contributed by atoms with Crippen LogP contribution < -0.4 is 4.72 Å². The van der Waals surface area contributed by atoms with Crippen LogP contribution in [0.25, 0.3) is 0 Å². The number of nitrogens with zero attached hydrogens (tertiary/aromatic N) is 1. The lowest BCUT2D eigenvalue weighted by molar-refractivity contribution is 0.143. The zero-order valence-electron chi connectivity index (χ0n) is 13.1. The molecule has 1 N–H and O–H groups in total. The van der Waals surface area contributed by atoms with Crippen LogP contribution in [0.2, 0.25) is 0 Å². The van der Waals surface area contributed by atoms with Gasteiger partial charge in [0.1, 0.15) is 0 Å². The number of rotatable bonds is 7. The number of likely N-dealkylation sites (tertiary alicyclic amines) is 1. The first kappa shape index (κ1) is 17.9. The lowest BCUT2D eigenvalue weighted by Gasteiger charge is -2.35. The molecule has 6 heteroatoms. The van der Waals surface area contributed by atoms with Gasteiger partial charge in [-0.15, -0.1) is 0 Å². The molecule has 0 saturated carbocycles. The number of piperidine rings is 1. The van der Waals surface area contributed by atoms with E-state index in [-0.39, 0.29) is 0 Å². The van der Waals surface area contributed by atoms with E-state index in [1.165, 1.54) is 25.7 Å². The molecule has 0 amide bonds. The van der Waals surface area contributed by atoms with Gasteiger partial charge in [-0.1, -0.05) is 29.3 Å². The highest BCUT2D eigenvalue weighted by Gasteiger charge is 2.20. The van der Waals surface area contributed by atoms with E-state index in [0.29, 0.717) is 17.5 Å². The minimum Gasteiger partial charge on any atom is -0.300 e. The molecule has 0 unspecified atom stereocenters. The second-order valence-electron chi connectivity index (χ2n) is 5.80. The largest absolute Gasteiger partial charge is 0.300 e. The Kier molecular flexibility index (Phi) is 6.87. The molecular weight excluding hydrogens is 364 g/mol. The number of halogens is 1. The summed E-state index contributed by atoms with van der Waals surface area (Å²) in [5.74, 6) is 0. The molecule has 0 aromatic heterocycles. The lowest BCUT2D eigenvalue weighted by Crippen LogP contribution is -2.40. The van der Waals surface area contributed by atoms with Crippen LogP contribution in [-0.4, -0.2) is 39.0 Å². The van der Waals surface area contributed by atoms with Crippen LogP contribution >= 0.6 is 15.9 Å². The molecule has 0 bridgehead atoms. The summed E-state index contributed by atoms with van der Waals surface area (Å²) in [6.45, 7) is 4.85. The Morgan fingerprint density at radius 2 is 2.00 bits per heavy atom. The van der Waals surface area contributed by atoms with Crippen molar-refractivity contribution in [2.24, 2.45) is 0 Å². The van der Waals surface area contributed by atoms with Crippen LogP contribution in [0.1, 0.15) is 39.0 Å². The zero-order chi connectivity index (χ0) is 16.0. The van der Waals surface area contributed by atoms with Crippen molar-refractivity contribution < 1.29 is 8.42 Å². The van der Waals surface area contributed by atoms with Crippen molar-refractivity contribution in [1.82, 2.24) is 9.62 Å². The minimum absolute atomic E-state index is 0.320. The molecule has 1 aliphatic heterocycles. The maximum absolute atomic E-state index is 12.2. The summed E-state index contributed by atoms with van der Waals surface area (Å²) in [4.78, 5) is 2.83. The van der Waals surface area contributed by atoms with Crippen molar-refractivity contribution >= 4 is 26.0 Å². The standard InChI is InChI=1S/C16H25BrN2O2S/c1-2-15-6-3-4-12-19(15)13-5-11-18-22(20,21)16-9-7-14(17)8-10-16/h7-10,15,18H,2-6,11-13H2,1H3/t15-/m1/s1.